The Labute approximate surface area is 143 Å². The zero-order valence-corrected chi connectivity index (χ0v) is 14.6. The van der Waals surface area contributed by atoms with Crippen molar-refractivity contribution in [3.05, 3.63) is 41.7 Å². The van der Waals surface area contributed by atoms with Crippen LogP contribution in [0.1, 0.15) is 17.7 Å². The van der Waals surface area contributed by atoms with Crippen molar-refractivity contribution >= 4 is 21.8 Å². The van der Waals surface area contributed by atoms with Gasteiger partial charge < -0.3 is 9.30 Å². The minimum Gasteiger partial charge on any atom is -0.379 e. The first kappa shape index (κ1) is 15.6. The number of aryl methyl sites for hydroxylation is 3. The molecule has 0 atom stereocenters. The second-order valence-electron chi connectivity index (χ2n) is 6.77. The minimum absolute atomic E-state index is 0.873. The van der Waals surface area contributed by atoms with Gasteiger partial charge in [-0.25, -0.2) is 0 Å². The van der Waals surface area contributed by atoms with Crippen LogP contribution >= 0.6 is 0 Å². The summed E-state index contributed by atoms with van der Waals surface area (Å²) in [7, 11) is 0. The Morgan fingerprint density at radius 3 is 2.71 bits per heavy atom. The maximum Gasteiger partial charge on any atom is 0.0707 e. The fraction of sp³-hybridized carbons (Fsp3) is 0.450. The lowest BCUT2D eigenvalue weighted by molar-refractivity contribution is 0.0370. The van der Waals surface area contributed by atoms with Crippen LogP contribution in [0.5, 0.6) is 0 Å². The summed E-state index contributed by atoms with van der Waals surface area (Å²) in [5.74, 6) is 0. The molecule has 1 aromatic carbocycles. The van der Waals surface area contributed by atoms with E-state index in [1.165, 1.54) is 27.4 Å². The average molecular weight is 323 g/mol. The maximum atomic E-state index is 5.44. The highest BCUT2D eigenvalue weighted by Crippen LogP contribution is 2.31. The molecule has 2 aromatic heterocycles. The van der Waals surface area contributed by atoms with Crippen molar-refractivity contribution in [2.45, 2.75) is 26.8 Å². The first-order valence-corrected chi connectivity index (χ1v) is 8.88. The van der Waals surface area contributed by atoms with Gasteiger partial charge in [-0.2, -0.15) is 0 Å². The molecular weight excluding hydrogens is 298 g/mol. The number of fused-ring (bicyclic) bond motifs is 3. The van der Waals surface area contributed by atoms with E-state index in [2.05, 4.69) is 52.6 Å². The summed E-state index contributed by atoms with van der Waals surface area (Å²) in [5.41, 5.74) is 5.06. The van der Waals surface area contributed by atoms with E-state index in [9.17, 15) is 0 Å². The van der Waals surface area contributed by atoms with Crippen molar-refractivity contribution in [3.63, 3.8) is 0 Å². The summed E-state index contributed by atoms with van der Waals surface area (Å²) in [6, 6.07) is 8.92. The highest BCUT2D eigenvalue weighted by Gasteiger charge is 2.14. The summed E-state index contributed by atoms with van der Waals surface area (Å²) >= 11 is 0. The third-order valence-electron chi connectivity index (χ3n) is 5.07. The fourth-order valence-corrected chi connectivity index (χ4v) is 3.84. The van der Waals surface area contributed by atoms with E-state index < -0.39 is 0 Å². The topological polar surface area (TPSA) is 30.3 Å². The van der Waals surface area contributed by atoms with Crippen LogP contribution in [0.4, 0.5) is 0 Å². The van der Waals surface area contributed by atoms with Gasteiger partial charge in [-0.15, -0.1) is 0 Å². The van der Waals surface area contributed by atoms with E-state index in [0.717, 1.165) is 51.5 Å². The van der Waals surface area contributed by atoms with Crippen LogP contribution in [0, 0.1) is 13.8 Å². The molecule has 0 unspecified atom stereocenters. The summed E-state index contributed by atoms with van der Waals surface area (Å²) in [5, 5.41) is 2.66. The Morgan fingerprint density at radius 1 is 1.04 bits per heavy atom. The zero-order valence-electron chi connectivity index (χ0n) is 14.6. The Balaban J connectivity index is 1.68. The van der Waals surface area contributed by atoms with E-state index in [1.807, 2.05) is 6.20 Å². The standard InChI is InChI=1S/C20H25N3O/c1-15-4-5-17-18-6-7-21-16(2)20(18)23(19(17)14-15)9-3-8-22-10-12-24-13-11-22/h4-7,14H,3,8-13H2,1-2H3. The van der Waals surface area contributed by atoms with Crippen LogP contribution in [-0.2, 0) is 11.3 Å². The number of hydrogen-bond acceptors (Lipinski definition) is 3. The molecule has 3 aromatic rings. The highest BCUT2D eigenvalue weighted by atomic mass is 16.5. The molecule has 4 heteroatoms. The van der Waals surface area contributed by atoms with E-state index in [0.29, 0.717) is 0 Å². The molecule has 4 rings (SSSR count). The number of pyridine rings is 1. The van der Waals surface area contributed by atoms with Gasteiger partial charge in [0.1, 0.15) is 0 Å². The number of aromatic nitrogens is 2. The molecule has 0 N–H and O–H groups in total. The van der Waals surface area contributed by atoms with Crippen LogP contribution in [0.15, 0.2) is 30.5 Å². The molecule has 1 aliphatic heterocycles. The van der Waals surface area contributed by atoms with E-state index in [1.54, 1.807) is 0 Å². The van der Waals surface area contributed by atoms with E-state index >= 15 is 0 Å². The number of benzene rings is 1. The predicted molar refractivity (Wildman–Crippen MR) is 98.6 cm³/mol. The van der Waals surface area contributed by atoms with Crippen molar-refractivity contribution < 1.29 is 4.74 Å². The Kier molecular flexibility index (Phi) is 4.25. The summed E-state index contributed by atoms with van der Waals surface area (Å²) in [6.45, 7) is 10.3. The van der Waals surface area contributed by atoms with Crippen LogP contribution in [0.3, 0.4) is 0 Å². The lowest BCUT2D eigenvalue weighted by Crippen LogP contribution is -2.37. The number of nitrogens with zero attached hydrogens (tertiary/aromatic N) is 3. The molecule has 126 valence electrons. The lowest BCUT2D eigenvalue weighted by Gasteiger charge is -2.26. The second-order valence-corrected chi connectivity index (χ2v) is 6.77. The number of ether oxygens (including phenoxy) is 1. The van der Waals surface area contributed by atoms with Crippen molar-refractivity contribution in [3.8, 4) is 0 Å². The Hall–Kier alpha value is -1.91. The predicted octanol–water partition coefficient (Wildman–Crippen LogP) is 3.53. The van der Waals surface area contributed by atoms with Crippen molar-refractivity contribution in [1.29, 1.82) is 0 Å². The van der Waals surface area contributed by atoms with Gasteiger partial charge in [-0.05, 0) is 38.0 Å². The van der Waals surface area contributed by atoms with Gasteiger partial charge in [-0.3, -0.25) is 9.88 Å². The van der Waals surface area contributed by atoms with Gasteiger partial charge in [-0.1, -0.05) is 12.1 Å². The van der Waals surface area contributed by atoms with Gasteiger partial charge in [0.25, 0.3) is 0 Å². The molecule has 1 fully saturated rings. The summed E-state index contributed by atoms with van der Waals surface area (Å²) in [4.78, 5) is 7.04. The maximum absolute atomic E-state index is 5.44. The molecule has 1 aliphatic rings. The molecule has 0 spiro atoms. The van der Waals surface area contributed by atoms with Crippen molar-refractivity contribution in [2.75, 3.05) is 32.8 Å². The number of morpholine rings is 1. The molecule has 0 amide bonds. The minimum atomic E-state index is 0.873. The molecule has 24 heavy (non-hydrogen) atoms. The zero-order chi connectivity index (χ0) is 16.5. The van der Waals surface area contributed by atoms with Crippen LogP contribution < -0.4 is 0 Å². The lowest BCUT2D eigenvalue weighted by atomic mass is 10.1. The van der Waals surface area contributed by atoms with Crippen molar-refractivity contribution in [1.82, 2.24) is 14.5 Å². The van der Waals surface area contributed by atoms with Gasteiger partial charge >= 0.3 is 0 Å². The van der Waals surface area contributed by atoms with Crippen molar-refractivity contribution in [2.24, 2.45) is 0 Å². The molecule has 1 saturated heterocycles. The van der Waals surface area contributed by atoms with Crippen LogP contribution in [0.2, 0.25) is 0 Å². The summed E-state index contributed by atoms with van der Waals surface area (Å²) < 4.78 is 7.91. The fourth-order valence-electron chi connectivity index (χ4n) is 3.84. The number of hydrogen-bond donors (Lipinski definition) is 0. The first-order valence-electron chi connectivity index (χ1n) is 8.88. The van der Waals surface area contributed by atoms with Gasteiger partial charge in [0.2, 0.25) is 0 Å². The molecule has 4 nitrogen and oxygen atoms in total. The molecule has 0 radical (unpaired) electrons. The quantitative estimate of drug-likeness (QED) is 0.736. The Bertz CT molecular complexity index is 862. The smallest absolute Gasteiger partial charge is 0.0707 e. The third-order valence-corrected chi connectivity index (χ3v) is 5.07. The SMILES string of the molecule is Cc1ccc2c3ccnc(C)c3n(CCCN3CCOCC3)c2c1. The molecule has 0 bridgehead atoms. The van der Waals surface area contributed by atoms with Gasteiger partial charge in [0, 0.05) is 48.7 Å². The summed E-state index contributed by atoms with van der Waals surface area (Å²) in [6.07, 6.45) is 3.08. The second kappa shape index (κ2) is 6.54. The van der Waals surface area contributed by atoms with Crippen LogP contribution in [-0.4, -0.2) is 47.3 Å². The van der Waals surface area contributed by atoms with Gasteiger partial charge in [0.05, 0.1) is 24.4 Å². The molecule has 0 aliphatic carbocycles. The highest BCUT2D eigenvalue weighted by molar-refractivity contribution is 6.08. The average Bonchev–Trinajstić information content (AvgIpc) is 2.90. The number of rotatable bonds is 4. The Morgan fingerprint density at radius 2 is 1.88 bits per heavy atom. The monoisotopic (exact) mass is 323 g/mol. The molecule has 0 saturated carbocycles. The first-order chi connectivity index (χ1) is 11.7. The van der Waals surface area contributed by atoms with Gasteiger partial charge in [0.15, 0.2) is 0 Å². The molecular formula is C20H25N3O. The largest absolute Gasteiger partial charge is 0.379 e. The van der Waals surface area contributed by atoms with E-state index in [4.69, 9.17) is 4.74 Å². The third kappa shape index (κ3) is 2.80. The molecule has 3 heterocycles. The normalized spacial score (nSPS) is 16.2. The van der Waals surface area contributed by atoms with Crippen LogP contribution in [0.25, 0.3) is 21.8 Å². The van der Waals surface area contributed by atoms with E-state index in [-0.39, 0.29) is 0 Å².